The van der Waals surface area contributed by atoms with Crippen LogP contribution < -0.4 is 10.2 Å². The topological polar surface area (TPSA) is 75.0 Å². The van der Waals surface area contributed by atoms with E-state index in [4.69, 9.17) is 4.74 Å². The average molecular weight is 478 g/mol. The first-order valence-corrected chi connectivity index (χ1v) is 8.91. The summed E-state index contributed by atoms with van der Waals surface area (Å²) in [5, 5.41) is 7.40. The van der Waals surface area contributed by atoms with Gasteiger partial charge in [-0.3, -0.25) is 14.5 Å². The number of rotatable bonds is 7. The number of anilines is 1. The Morgan fingerprint density at radius 1 is 1.42 bits per heavy atom. The molecule has 1 saturated heterocycles. The van der Waals surface area contributed by atoms with Gasteiger partial charge < -0.3 is 19.9 Å². The van der Waals surface area contributed by atoms with Crippen LogP contribution in [-0.2, 0) is 16.6 Å². The highest BCUT2D eigenvalue weighted by Gasteiger charge is 2.27. The van der Waals surface area contributed by atoms with Gasteiger partial charge in [0.2, 0.25) is 5.91 Å². The second-order valence-corrected chi connectivity index (χ2v) is 6.54. The molecule has 1 aliphatic rings. The van der Waals surface area contributed by atoms with Gasteiger partial charge in [0.15, 0.2) is 5.96 Å². The Bertz CT molecular complexity index is 590. The molecule has 1 aromatic rings. The molecule has 26 heavy (non-hydrogen) atoms. The number of ether oxygens (including phenoxy) is 1. The summed E-state index contributed by atoms with van der Waals surface area (Å²) in [7, 11) is 1.85. The van der Waals surface area contributed by atoms with Crippen molar-refractivity contribution in [3.05, 3.63) is 12.4 Å². The summed E-state index contributed by atoms with van der Waals surface area (Å²) in [5.41, 5.74) is 0.844. The van der Waals surface area contributed by atoms with Gasteiger partial charge in [-0.2, -0.15) is 5.10 Å². The monoisotopic (exact) mass is 478 g/mol. The predicted octanol–water partition coefficient (Wildman–Crippen LogP) is 1.32. The Kier molecular flexibility index (Phi) is 9.92. The fourth-order valence-corrected chi connectivity index (χ4v) is 2.64. The van der Waals surface area contributed by atoms with E-state index in [0.29, 0.717) is 32.2 Å². The van der Waals surface area contributed by atoms with Gasteiger partial charge in [0.1, 0.15) is 6.54 Å². The highest BCUT2D eigenvalue weighted by Crippen LogP contribution is 2.16. The third-order valence-electron chi connectivity index (χ3n) is 3.81. The normalized spacial score (nSPS) is 15.4. The number of hydrogen-bond acceptors (Lipinski definition) is 4. The van der Waals surface area contributed by atoms with Crippen LogP contribution >= 0.6 is 24.0 Å². The number of carbonyl (C=O) groups excluding carboxylic acids is 1. The van der Waals surface area contributed by atoms with Gasteiger partial charge >= 0.3 is 0 Å². The maximum atomic E-state index is 12.5. The molecule has 0 aromatic carbocycles. The van der Waals surface area contributed by atoms with Crippen LogP contribution in [0.1, 0.15) is 20.8 Å². The van der Waals surface area contributed by atoms with Gasteiger partial charge in [-0.15, -0.1) is 24.0 Å². The van der Waals surface area contributed by atoms with Gasteiger partial charge in [0.25, 0.3) is 0 Å². The number of carbonyl (C=O) groups is 1. The van der Waals surface area contributed by atoms with E-state index in [-0.39, 0.29) is 29.9 Å². The second kappa shape index (κ2) is 11.4. The molecule has 148 valence electrons. The second-order valence-electron chi connectivity index (χ2n) is 6.54. The number of hydrogen-bond donors (Lipinski definition) is 1. The van der Waals surface area contributed by atoms with E-state index in [9.17, 15) is 4.79 Å². The van der Waals surface area contributed by atoms with Gasteiger partial charge in [0, 0.05) is 39.5 Å². The quantitative estimate of drug-likeness (QED) is 0.277. The van der Waals surface area contributed by atoms with Crippen molar-refractivity contribution in [2.24, 2.45) is 18.0 Å². The van der Waals surface area contributed by atoms with Crippen LogP contribution in [0.25, 0.3) is 0 Å². The third-order valence-corrected chi connectivity index (χ3v) is 3.81. The zero-order valence-electron chi connectivity index (χ0n) is 16.1. The van der Waals surface area contributed by atoms with Crippen molar-refractivity contribution in [3.63, 3.8) is 0 Å². The molecule has 1 amide bonds. The first kappa shape index (κ1) is 22.7. The molecular formula is C17H31IN6O2. The van der Waals surface area contributed by atoms with Gasteiger partial charge in [-0.05, 0) is 12.8 Å². The molecule has 1 aliphatic heterocycles. The smallest absolute Gasteiger partial charge is 0.246 e. The minimum Gasteiger partial charge on any atom is -0.379 e. The molecule has 2 rings (SSSR count). The molecule has 0 spiro atoms. The molecule has 9 heteroatoms. The molecule has 0 atom stereocenters. The largest absolute Gasteiger partial charge is 0.379 e. The lowest BCUT2D eigenvalue weighted by Crippen LogP contribution is -2.55. The number of aromatic nitrogens is 2. The number of aliphatic imine (C=N–C) groups is 1. The SMILES string of the molecule is CCNC(=NCCOCC(C)C)N1CCN(c2cnn(C)c2)C(=O)C1.I. The van der Waals surface area contributed by atoms with Crippen LogP contribution in [0.3, 0.4) is 0 Å². The summed E-state index contributed by atoms with van der Waals surface area (Å²) >= 11 is 0. The van der Waals surface area contributed by atoms with Crippen molar-refractivity contribution >= 4 is 41.5 Å². The summed E-state index contributed by atoms with van der Waals surface area (Å²) in [6, 6.07) is 0. The maximum absolute atomic E-state index is 12.5. The Labute approximate surface area is 173 Å². The molecule has 0 radical (unpaired) electrons. The Hall–Kier alpha value is -1.36. The standard InChI is InChI=1S/C17H30N6O2.HI/c1-5-18-17(19-6-9-25-13-14(2)3)22-7-8-23(16(24)12-22)15-10-20-21(4)11-15;/h10-11,14H,5-9,12-13H2,1-4H3,(H,18,19);1H. The number of amides is 1. The van der Waals surface area contributed by atoms with Crippen molar-refractivity contribution in [3.8, 4) is 0 Å². The number of nitrogens with one attached hydrogen (secondary N) is 1. The first-order chi connectivity index (χ1) is 12.0. The predicted molar refractivity (Wildman–Crippen MR) is 114 cm³/mol. The van der Waals surface area contributed by atoms with Gasteiger partial charge in [-0.25, -0.2) is 0 Å². The molecule has 0 saturated carbocycles. The highest BCUT2D eigenvalue weighted by atomic mass is 127. The van der Waals surface area contributed by atoms with Crippen molar-refractivity contribution < 1.29 is 9.53 Å². The summed E-state index contributed by atoms with van der Waals surface area (Å²) < 4.78 is 7.28. The molecule has 2 heterocycles. The molecule has 8 nitrogen and oxygen atoms in total. The first-order valence-electron chi connectivity index (χ1n) is 8.91. The molecule has 0 aliphatic carbocycles. The lowest BCUT2D eigenvalue weighted by atomic mass is 10.2. The molecule has 1 aromatic heterocycles. The van der Waals surface area contributed by atoms with Gasteiger partial charge in [-0.1, -0.05) is 13.8 Å². The highest BCUT2D eigenvalue weighted by molar-refractivity contribution is 14.0. The third kappa shape index (κ3) is 6.75. The molecule has 0 bridgehead atoms. The number of aryl methyl sites for hydroxylation is 1. The summed E-state index contributed by atoms with van der Waals surface area (Å²) in [4.78, 5) is 20.9. The molecule has 1 N–H and O–H groups in total. The van der Waals surface area contributed by atoms with Crippen molar-refractivity contribution in [1.29, 1.82) is 0 Å². The average Bonchev–Trinajstić information content (AvgIpc) is 2.99. The van der Waals surface area contributed by atoms with E-state index in [1.54, 1.807) is 15.8 Å². The summed E-state index contributed by atoms with van der Waals surface area (Å²) in [5.74, 6) is 1.35. The van der Waals surface area contributed by atoms with Crippen molar-refractivity contribution in [1.82, 2.24) is 20.0 Å². The molecular weight excluding hydrogens is 447 g/mol. The molecule has 0 unspecified atom stereocenters. The minimum absolute atomic E-state index is 0. The van der Waals surface area contributed by atoms with E-state index >= 15 is 0 Å². The lowest BCUT2D eigenvalue weighted by Gasteiger charge is -2.35. The lowest BCUT2D eigenvalue weighted by molar-refractivity contribution is -0.120. The minimum atomic E-state index is 0. The number of piperazine rings is 1. The fraction of sp³-hybridized carbons (Fsp3) is 0.706. The Balaban J connectivity index is 0.00000338. The van der Waals surface area contributed by atoms with Crippen molar-refractivity contribution in [2.45, 2.75) is 20.8 Å². The number of halogens is 1. The maximum Gasteiger partial charge on any atom is 0.246 e. The van der Waals surface area contributed by atoms with Crippen LogP contribution in [0.15, 0.2) is 17.4 Å². The number of nitrogens with zero attached hydrogens (tertiary/aromatic N) is 5. The van der Waals surface area contributed by atoms with E-state index < -0.39 is 0 Å². The zero-order valence-corrected chi connectivity index (χ0v) is 18.5. The fourth-order valence-electron chi connectivity index (χ4n) is 2.64. The Morgan fingerprint density at radius 3 is 2.77 bits per heavy atom. The van der Waals surface area contributed by atoms with E-state index in [0.717, 1.165) is 31.3 Å². The zero-order chi connectivity index (χ0) is 18.2. The van der Waals surface area contributed by atoms with Crippen LogP contribution in [0, 0.1) is 5.92 Å². The number of guanidine groups is 1. The van der Waals surface area contributed by atoms with Gasteiger partial charge in [0.05, 0.1) is 25.0 Å². The van der Waals surface area contributed by atoms with Crippen LogP contribution in [-0.4, -0.2) is 72.5 Å². The van der Waals surface area contributed by atoms with E-state index in [1.807, 2.05) is 25.1 Å². The van der Waals surface area contributed by atoms with E-state index in [1.165, 1.54) is 0 Å². The molecule has 1 fully saturated rings. The summed E-state index contributed by atoms with van der Waals surface area (Å²) in [6.07, 6.45) is 3.58. The van der Waals surface area contributed by atoms with Crippen LogP contribution in [0.5, 0.6) is 0 Å². The van der Waals surface area contributed by atoms with Crippen LogP contribution in [0.4, 0.5) is 5.69 Å². The van der Waals surface area contributed by atoms with E-state index in [2.05, 4.69) is 29.3 Å². The van der Waals surface area contributed by atoms with Crippen molar-refractivity contribution in [2.75, 3.05) is 50.8 Å². The Morgan fingerprint density at radius 2 is 2.19 bits per heavy atom. The van der Waals surface area contributed by atoms with Crippen LogP contribution in [0.2, 0.25) is 0 Å². The summed E-state index contributed by atoms with van der Waals surface area (Å²) in [6.45, 7) is 10.6.